The van der Waals surface area contributed by atoms with Crippen LogP contribution >= 0.6 is 0 Å². The monoisotopic (exact) mass is 295 g/mol. The predicted octanol–water partition coefficient (Wildman–Crippen LogP) is 2.52. The molecule has 5 heteroatoms. The summed E-state index contributed by atoms with van der Waals surface area (Å²) in [6, 6.07) is 0. The van der Waals surface area contributed by atoms with Crippen LogP contribution < -0.4 is 0 Å². The molecule has 2 rings (SSSR count). The summed E-state index contributed by atoms with van der Waals surface area (Å²) in [5.41, 5.74) is 0.447. The summed E-state index contributed by atoms with van der Waals surface area (Å²) >= 11 is 0. The Morgan fingerprint density at radius 3 is 2.38 bits per heavy atom. The first-order valence-corrected chi connectivity index (χ1v) is 7.94. The summed E-state index contributed by atoms with van der Waals surface area (Å²) < 4.78 is 5.37. The molecule has 0 amide bonds. The van der Waals surface area contributed by atoms with Gasteiger partial charge in [0.15, 0.2) is 0 Å². The maximum absolute atomic E-state index is 12.6. The largest absolute Gasteiger partial charge is 0.396 e. The van der Waals surface area contributed by atoms with Crippen molar-refractivity contribution in [2.45, 2.75) is 52.4 Å². The molecule has 0 unspecified atom stereocenters. The highest BCUT2D eigenvalue weighted by molar-refractivity contribution is 6.22. The zero-order valence-corrected chi connectivity index (χ0v) is 13.0. The van der Waals surface area contributed by atoms with Gasteiger partial charge in [-0.2, -0.15) is 0 Å². The number of hydrogen-bond donors (Lipinski definition) is 0. The minimum absolute atomic E-state index is 0.0139. The first-order chi connectivity index (χ1) is 10.1. The third-order valence-electron chi connectivity index (χ3n) is 4.45. The molecule has 0 aromatic heterocycles. The fourth-order valence-electron chi connectivity index (χ4n) is 3.36. The lowest BCUT2D eigenvalue weighted by Gasteiger charge is -2.41. The first kappa shape index (κ1) is 16.1. The van der Waals surface area contributed by atoms with Gasteiger partial charge in [-0.05, 0) is 31.6 Å². The zero-order valence-electron chi connectivity index (χ0n) is 13.0. The van der Waals surface area contributed by atoms with Gasteiger partial charge in [-0.15, -0.1) is 0 Å². The van der Waals surface area contributed by atoms with E-state index < -0.39 is 5.92 Å². The van der Waals surface area contributed by atoms with Crippen LogP contribution in [0.15, 0.2) is 5.16 Å². The van der Waals surface area contributed by atoms with Gasteiger partial charge in [-0.3, -0.25) is 9.59 Å². The second-order valence-electron chi connectivity index (χ2n) is 6.08. The van der Waals surface area contributed by atoms with Crippen molar-refractivity contribution in [2.75, 3.05) is 19.8 Å². The molecule has 118 valence electrons. The van der Waals surface area contributed by atoms with Gasteiger partial charge in [0.25, 0.3) is 0 Å². The number of ketones is 2. The molecule has 1 heterocycles. The van der Waals surface area contributed by atoms with E-state index in [1.807, 2.05) is 13.8 Å². The quantitative estimate of drug-likeness (QED) is 0.444. The van der Waals surface area contributed by atoms with Crippen molar-refractivity contribution >= 4 is 17.3 Å². The molecule has 0 bridgehead atoms. The Labute approximate surface area is 126 Å². The lowest BCUT2D eigenvalue weighted by Crippen LogP contribution is -2.46. The highest BCUT2D eigenvalue weighted by atomic mass is 16.6. The van der Waals surface area contributed by atoms with E-state index in [0.29, 0.717) is 44.8 Å². The summed E-state index contributed by atoms with van der Waals surface area (Å²) in [5, 5.41) is 4.04. The average molecular weight is 295 g/mol. The van der Waals surface area contributed by atoms with Crippen LogP contribution in [0.4, 0.5) is 0 Å². The van der Waals surface area contributed by atoms with E-state index in [-0.39, 0.29) is 17.0 Å². The van der Waals surface area contributed by atoms with E-state index in [0.717, 1.165) is 19.3 Å². The molecule has 5 nitrogen and oxygen atoms in total. The Morgan fingerprint density at radius 2 is 1.86 bits per heavy atom. The average Bonchev–Trinajstić information content (AvgIpc) is 2.44. The number of ether oxygens (including phenoxy) is 1. The molecule has 1 aliphatic heterocycles. The third kappa shape index (κ3) is 3.70. The smallest absolute Gasteiger partial charge is 0.149 e. The Hall–Kier alpha value is -1.23. The van der Waals surface area contributed by atoms with E-state index in [4.69, 9.17) is 9.57 Å². The number of carbonyl (C=O) groups is 2. The van der Waals surface area contributed by atoms with E-state index >= 15 is 0 Å². The number of hydrogen-bond acceptors (Lipinski definition) is 5. The van der Waals surface area contributed by atoms with Crippen LogP contribution in [0.1, 0.15) is 52.4 Å². The van der Waals surface area contributed by atoms with Crippen LogP contribution in [0.2, 0.25) is 0 Å². The topological polar surface area (TPSA) is 65.0 Å². The standard InChI is InChI=1S/C16H25NO4/c1-3-5-12(17-21-4-2)15-13(18)10-16(11-14(15)19)6-8-20-9-7-16/h15H,3-11H2,1-2H3. The highest BCUT2D eigenvalue weighted by Gasteiger charge is 2.47. The van der Waals surface area contributed by atoms with Crippen molar-refractivity contribution in [1.82, 2.24) is 0 Å². The number of Topliss-reactive ketones (excluding diaryl/α,β-unsaturated/α-hetero) is 2. The number of carbonyl (C=O) groups excluding carboxylic acids is 2. The second-order valence-corrected chi connectivity index (χ2v) is 6.08. The van der Waals surface area contributed by atoms with E-state index in [9.17, 15) is 9.59 Å². The minimum atomic E-state index is -0.676. The van der Waals surface area contributed by atoms with Gasteiger partial charge in [-0.25, -0.2) is 0 Å². The molecule has 0 N–H and O–H groups in total. The maximum atomic E-state index is 12.6. The van der Waals surface area contributed by atoms with Gasteiger partial charge in [0.1, 0.15) is 24.1 Å². The maximum Gasteiger partial charge on any atom is 0.149 e. The predicted molar refractivity (Wildman–Crippen MR) is 79.2 cm³/mol. The Morgan fingerprint density at radius 1 is 1.24 bits per heavy atom. The van der Waals surface area contributed by atoms with E-state index in [1.165, 1.54) is 0 Å². The molecule has 2 fully saturated rings. The molecule has 0 aromatic rings. The van der Waals surface area contributed by atoms with Crippen LogP contribution in [0.25, 0.3) is 0 Å². The molecular weight excluding hydrogens is 270 g/mol. The number of oxime groups is 1. The number of rotatable bonds is 5. The van der Waals surface area contributed by atoms with Crippen LogP contribution in [0, 0.1) is 11.3 Å². The van der Waals surface area contributed by atoms with Crippen molar-refractivity contribution in [1.29, 1.82) is 0 Å². The fraction of sp³-hybridized carbons (Fsp3) is 0.812. The summed E-state index contributed by atoms with van der Waals surface area (Å²) in [7, 11) is 0. The second kappa shape index (κ2) is 7.16. The van der Waals surface area contributed by atoms with Crippen molar-refractivity contribution in [3.05, 3.63) is 0 Å². The van der Waals surface area contributed by atoms with Gasteiger partial charge >= 0.3 is 0 Å². The van der Waals surface area contributed by atoms with Crippen LogP contribution in [0.3, 0.4) is 0 Å². The van der Waals surface area contributed by atoms with Crippen molar-refractivity contribution < 1.29 is 19.2 Å². The van der Waals surface area contributed by atoms with Crippen LogP contribution in [0.5, 0.6) is 0 Å². The van der Waals surface area contributed by atoms with Gasteiger partial charge in [0.2, 0.25) is 0 Å². The molecular formula is C16H25NO4. The molecule has 0 atom stereocenters. The minimum Gasteiger partial charge on any atom is -0.396 e. The van der Waals surface area contributed by atoms with Crippen LogP contribution in [-0.4, -0.2) is 37.1 Å². The summed E-state index contributed by atoms with van der Waals surface area (Å²) in [5.74, 6) is -0.648. The molecule has 1 spiro atoms. The molecule has 1 saturated heterocycles. The Balaban J connectivity index is 2.14. The zero-order chi connectivity index (χ0) is 15.3. The lowest BCUT2D eigenvalue weighted by atomic mass is 9.64. The van der Waals surface area contributed by atoms with Gasteiger partial charge in [0.05, 0.1) is 5.71 Å². The molecule has 1 aliphatic carbocycles. The Bertz CT molecular complexity index is 404. The molecule has 2 aliphatic rings. The molecule has 1 saturated carbocycles. The van der Waals surface area contributed by atoms with Crippen molar-refractivity contribution in [3.8, 4) is 0 Å². The van der Waals surface area contributed by atoms with Gasteiger partial charge in [0, 0.05) is 26.1 Å². The summed E-state index contributed by atoms with van der Waals surface area (Å²) in [6.07, 6.45) is 4.05. The Kier molecular flexibility index (Phi) is 5.51. The molecule has 0 aromatic carbocycles. The van der Waals surface area contributed by atoms with Gasteiger partial charge < -0.3 is 9.57 Å². The number of nitrogens with zero attached hydrogens (tertiary/aromatic N) is 1. The SMILES string of the molecule is CCCC(=NOCC)C1C(=O)CC2(CCOCC2)CC1=O. The highest BCUT2D eigenvalue weighted by Crippen LogP contribution is 2.43. The summed E-state index contributed by atoms with van der Waals surface area (Å²) in [6.45, 7) is 5.61. The van der Waals surface area contributed by atoms with Crippen LogP contribution in [-0.2, 0) is 19.2 Å². The van der Waals surface area contributed by atoms with Crippen molar-refractivity contribution in [2.24, 2.45) is 16.5 Å². The van der Waals surface area contributed by atoms with Gasteiger partial charge in [-0.1, -0.05) is 18.5 Å². The fourth-order valence-corrected chi connectivity index (χ4v) is 3.36. The third-order valence-corrected chi connectivity index (χ3v) is 4.45. The van der Waals surface area contributed by atoms with Crippen molar-refractivity contribution in [3.63, 3.8) is 0 Å². The molecule has 0 radical (unpaired) electrons. The lowest BCUT2D eigenvalue weighted by molar-refractivity contribution is -0.140. The normalized spacial score (nSPS) is 23.6. The van der Waals surface area contributed by atoms with E-state index in [1.54, 1.807) is 0 Å². The first-order valence-electron chi connectivity index (χ1n) is 7.94. The van der Waals surface area contributed by atoms with E-state index in [2.05, 4.69) is 5.16 Å². The molecule has 21 heavy (non-hydrogen) atoms. The summed E-state index contributed by atoms with van der Waals surface area (Å²) in [4.78, 5) is 30.2.